The zero-order valence-electron chi connectivity index (χ0n) is 19.7. The average molecular weight is 502 g/mol. The van der Waals surface area contributed by atoms with Gasteiger partial charge in [-0.15, -0.1) is 0 Å². The maximum Gasteiger partial charge on any atom is 0.416 e. The molecule has 0 N–H and O–H groups in total. The molecular weight excluding hydrogens is 474 g/mol. The highest BCUT2D eigenvalue weighted by atomic mass is 19.4. The van der Waals surface area contributed by atoms with Crippen LogP contribution < -0.4 is 4.74 Å². The Balaban J connectivity index is 1.36. The molecule has 3 aromatic rings. The van der Waals surface area contributed by atoms with Gasteiger partial charge in [0.15, 0.2) is 0 Å². The van der Waals surface area contributed by atoms with E-state index in [0.29, 0.717) is 50.4 Å². The first-order valence-corrected chi connectivity index (χ1v) is 11.8. The lowest BCUT2D eigenvalue weighted by Gasteiger charge is -2.23. The van der Waals surface area contributed by atoms with Crippen molar-refractivity contribution in [3.63, 3.8) is 0 Å². The third-order valence-electron chi connectivity index (χ3n) is 6.08. The van der Waals surface area contributed by atoms with Crippen molar-refractivity contribution in [2.45, 2.75) is 38.6 Å². The summed E-state index contributed by atoms with van der Waals surface area (Å²) in [5.74, 6) is 0.0982. The SMILES string of the molecule is O=C1Cc2cc(OCCCN(CCc3ccc(F)cc3)Cc3cccc(C(F)(F)F)c3)ccc2CO1. The molecule has 0 unspecified atom stereocenters. The Hall–Kier alpha value is -3.39. The molecule has 36 heavy (non-hydrogen) atoms. The normalized spacial score (nSPS) is 13.4. The number of ether oxygens (including phenoxy) is 2. The second-order valence-corrected chi connectivity index (χ2v) is 8.82. The number of fused-ring (bicyclic) bond motifs is 1. The topological polar surface area (TPSA) is 38.8 Å². The van der Waals surface area contributed by atoms with Gasteiger partial charge < -0.3 is 9.47 Å². The Bertz CT molecular complexity index is 1180. The lowest BCUT2D eigenvalue weighted by Crippen LogP contribution is -2.28. The first-order valence-electron chi connectivity index (χ1n) is 11.8. The summed E-state index contributed by atoms with van der Waals surface area (Å²) in [5, 5.41) is 0. The zero-order chi connectivity index (χ0) is 25.5. The van der Waals surface area contributed by atoms with Crippen molar-refractivity contribution < 1.29 is 31.8 Å². The number of esters is 1. The van der Waals surface area contributed by atoms with E-state index in [9.17, 15) is 22.4 Å². The van der Waals surface area contributed by atoms with Gasteiger partial charge in [-0.05, 0) is 65.4 Å². The summed E-state index contributed by atoms with van der Waals surface area (Å²) in [5.41, 5.74) is 2.73. The van der Waals surface area contributed by atoms with Gasteiger partial charge in [0.05, 0.1) is 18.6 Å². The van der Waals surface area contributed by atoms with Gasteiger partial charge in [0, 0.05) is 19.6 Å². The number of hydrogen-bond donors (Lipinski definition) is 0. The summed E-state index contributed by atoms with van der Waals surface area (Å²) in [6.07, 6.45) is -2.88. The minimum atomic E-state index is -4.39. The van der Waals surface area contributed by atoms with Crippen LogP contribution in [0.25, 0.3) is 0 Å². The average Bonchev–Trinajstić information content (AvgIpc) is 2.85. The molecule has 0 aliphatic carbocycles. The molecule has 0 bridgehead atoms. The Kier molecular flexibility index (Phi) is 8.25. The highest BCUT2D eigenvalue weighted by Gasteiger charge is 2.30. The largest absolute Gasteiger partial charge is 0.494 e. The molecule has 0 fully saturated rings. The van der Waals surface area contributed by atoms with E-state index in [0.717, 1.165) is 22.8 Å². The number of cyclic esters (lactones) is 1. The van der Waals surface area contributed by atoms with Gasteiger partial charge in [0.1, 0.15) is 18.2 Å². The Labute approximate surface area is 207 Å². The number of benzene rings is 3. The fourth-order valence-corrected chi connectivity index (χ4v) is 4.15. The molecule has 190 valence electrons. The van der Waals surface area contributed by atoms with E-state index in [1.807, 2.05) is 18.2 Å². The number of alkyl halides is 3. The molecular formula is C28H27F4NO3. The van der Waals surface area contributed by atoms with E-state index in [4.69, 9.17) is 9.47 Å². The van der Waals surface area contributed by atoms with Crippen molar-refractivity contribution >= 4 is 5.97 Å². The molecule has 1 aliphatic heterocycles. The summed E-state index contributed by atoms with van der Waals surface area (Å²) in [6.45, 7) is 2.25. The monoisotopic (exact) mass is 501 g/mol. The van der Waals surface area contributed by atoms with Crippen LogP contribution in [0.4, 0.5) is 17.6 Å². The van der Waals surface area contributed by atoms with E-state index in [2.05, 4.69) is 4.90 Å². The molecule has 0 saturated carbocycles. The maximum atomic E-state index is 13.2. The molecule has 0 spiro atoms. The second-order valence-electron chi connectivity index (χ2n) is 8.82. The number of nitrogens with zero attached hydrogens (tertiary/aromatic N) is 1. The highest BCUT2D eigenvalue weighted by Crippen LogP contribution is 2.30. The highest BCUT2D eigenvalue weighted by molar-refractivity contribution is 5.74. The fourth-order valence-electron chi connectivity index (χ4n) is 4.15. The Morgan fingerprint density at radius 2 is 1.72 bits per heavy atom. The number of carbonyl (C=O) groups is 1. The van der Waals surface area contributed by atoms with Crippen LogP contribution >= 0.6 is 0 Å². The Morgan fingerprint density at radius 1 is 0.917 bits per heavy atom. The van der Waals surface area contributed by atoms with Crippen molar-refractivity contribution in [1.82, 2.24) is 4.90 Å². The van der Waals surface area contributed by atoms with Crippen LogP contribution in [0.15, 0.2) is 66.7 Å². The number of rotatable bonds is 10. The third-order valence-corrected chi connectivity index (χ3v) is 6.08. The summed E-state index contributed by atoms with van der Waals surface area (Å²) in [6, 6.07) is 17.2. The molecule has 8 heteroatoms. The minimum Gasteiger partial charge on any atom is -0.494 e. The van der Waals surface area contributed by atoms with Crippen LogP contribution in [-0.4, -0.2) is 30.6 Å². The number of hydrogen-bond acceptors (Lipinski definition) is 4. The van der Waals surface area contributed by atoms with E-state index < -0.39 is 11.7 Å². The van der Waals surface area contributed by atoms with Crippen molar-refractivity contribution in [2.75, 3.05) is 19.7 Å². The second kappa shape index (κ2) is 11.6. The first kappa shape index (κ1) is 25.7. The zero-order valence-corrected chi connectivity index (χ0v) is 19.7. The van der Waals surface area contributed by atoms with Gasteiger partial charge in [0.2, 0.25) is 0 Å². The number of halogens is 4. The number of carbonyl (C=O) groups excluding carboxylic acids is 1. The van der Waals surface area contributed by atoms with E-state index in [-0.39, 0.29) is 24.8 Å². The van der Waals surface area contributed by atoms with Crippen LogP contribution in [-0.2, 0) is 41.7 Å². The lowest BCUT2D eigenvalue weighted by atomic mass is 10.0. The molecule has 3 aromatic carbocycles. The minimum absolute atomic E-state index is 0.223. The molecule has 1 heterocycles. The predicted molar refractivity (Wildman–Crippen MR) is 127 cm³/mol. The molecule has 4 rings (SSSR count). The van der Waals surface area contributed by atoms with Gasteiger partial charge >= 0.3 is 12.1 Å². The van der Waals surface area contributed by atoms with Crippen LogP contribution in [0.1, 0.15) is 34.2 Å². The van der Waals surface area contributed by atoms with Crippen LogP contribution in [0.2, 0.25) is 0 Å². The molecule has 0 saturated heterocycles. The molecule has 0 aromatic heterocycles. The smallest absolute Gasteiger partial charge is 0.416 e. The van der Waals surface area contributed by atoms with Gasteiger partial charge in [-0.3, -0.25) is 9.69 Å². The van der Waals surface area contributed by atoms with Gasteiger partial charge in [-0.2, -0.15) is 13.2 Å². The summed E-state index contributed by atoms with van der Waals surface area (Å²) in [7, 11) is 0. The predicted octanol–water partition coefficient (Wildman–Crippen LogP) is 5.96. The van der Waals surface area contributed by atoms with Crippen LogP contribution in [0.5, 0.6) is 5.75 Å². The van der Waals surface area contributed by atoms with E-state index in [1.165, 1.54) is 24.3 Å². The van der Waals surface area contributed by atoms with Crippen LogP contribution in [0, 0.1) is 5.82 Å². The summed E-state index contributed by atoms with van der Waals surface area (Å²) < 4.78 is 63.6. The lowest BCUT2D eigenvalue weighted by molar-refractivity contribution is -0.145. The molecule has 0 atom stereocenters. The van der Waals surface area contributed by atoms with Gasteiger partial charge in [-0.25, -0.2) is 4.39 Å². The van der Waals surface area contributed by atoms with Crippen molar-refractivity contribution in [2.24, 2.45) is 0 Å². The molecule has 0 amide bonds. The van der Waals surface area contributed by atoms with Crippen LogP contribution in [0.3, 0.4) is 0 Å². The molecule has 4 nitrogen and oxygen atoms in total. The quantitative estimate of drug-likeness (QED) is 0.195. The summed E-state index contributed by atoms with van der Waals surface area (Å²) >= 11 is 0. The van der Waals surface area contributed by atoms with Gasteiger partial charge in [-0.1, -0.05) is 36.4 Å². The molecule has 0 radical (unpaired) electrons. The Morgan fingerprint density at radius 3 is 2.50 bits per heavy atom. The standard InChI is InChI=1S/C28H27F4NO3/c29-25-8-5-20(6-9-25)11-13-33(18-21-3-1-4-24(15-21)28(30,31)32)12-2-14-35-26-10-7-22-19-36-27(34)17-23(22)16-26/h1,3-10,15-16H,2,11-14,17-19H2. The van der Waals surface area contributed by atoms with Crippen molar-refractivity contribution in [3.05, 3.63) is 100 Å². The fraction of sp³-hybridized carbons (Fsp3) is 0.321. The first-order chi connectivity index (χ1) is 17.3. The van der Waals surface area contributed by atoms with Crippen molar-refractivity contribution in [3.8, 4) is 5.75 Å². The van der Waals surface area contributed by atoms with Gasteiger partial charge in [0.25, 0.3) is 0 Å². The molecule has 1 aliphatic rings. The van der Waals surface area contributed by atoms with E-state index >= 15 is 0 Å². The third kappa shape index (κ3) is 7.31. The summed E-state index contributed by atoms with van der Waals surface area (Å²) in [4.78, 5) is 13.6. The van der Waals surface area contributed by atoms with Crippen molar-refractivity contribution in [1.29, 1.82) is 0 Å². The van der Waals surface area contributed by atoms with E-state index in [1.54, 1.807) is 18.2 Å². The maximum absolute atomic E-state index is 13.2.